The van der Waals surface area contributed by atoms with Crippen LogP contribution in [-0.2, 0) is 0 Å². The van der Waals surface area contributed by atoms with Gasteiger partial charge in [-0.2, -0.15) is 33.2 Å². The molecule has 1 aromatic heterocycles. The lowest BCUT2D eigenvalue weighted by atomic mass is 10.5. The summed E-state index contributed by atoms with van der Waals surface area (Å²) in [7, 11) is -3.79. The Kier molecular flexibility index (Phi) is 91.2. The summed E-state index contributed by atoms with van der Waals surface area (Å²) < 4.78 is 2.24. The molecule has 0 saturated carbocycles. The first-order valence-corrected chi connectivity index (χ1v) is 62.2. The molecule has 0 N–H and O–H groups in total. The Morgan fingerprint density at radius 2 is 0.820 bits per heavy atom. The van der Waals surface area contributed by atoms with E-state index in [1.807, 2.05) is 58.9 Å². The van der Waals surface area contributed by atoms with Gasteiger partial charge in [0.25, 0.3) is 7.42 Å². The van der Waals surface area contributed by atoms with Gasteiger partial charge in [-0.15, -0.1) is 201 Å². The molecule has 0 spiro atoms. The third-order valence-corrected chi connectivity index (χ3v) is 22.0. The van der Waals surface area contributed by atoms with Crippen LogP contribution >= 0.6 is 197 Å². The SMILES string of the molecule is C=C[SiH](Br)Br.C=C[SiH](Br)I.C=C[SiH](C)Br.C=C[SiH](C)Cl.C=C[SiH](C)I.C=C[SiH](C)[n+]1ccccc1.C=C[SiH](Cl)Br.C=C[SiH](Cl)Cl.C=C[SiH](Cl)I. The highest BCUT2D eigenvalue weighted by molar-refractivity contribution is 14.1. The van der Waals surface area contributed by atoms with E-state index in [1.165, 1.54) is 0 Å². The Hall–Kier alpha value is 4.80. The minimum absolute atomic E-state index is 0.416. The molecule has 292 valence electrons. The Morgan fingerprint density at radius 1 is 0.540 bits per heavy atom. The van der Waals surface area contributed by atoms with E-state index in [0.717, 1.165) is 0 Å². The first kappa shape index (κ1) is 72.4. The topological polar surface area (TPSA) is 3.88 Å². The third kappa shape index (κ3) is 117. The van der Waals surface area contributed by atoms with Crippen LogP contribution in [0, 0.1) is 0 Å². The average molecular weight is 1600 g/mol. The quantitative estimate of drug-likeness (QED) is 0.125. The van der Waals surface area contributed by atoms with Crippen LogP contribution < -0.4 is 4.23 Å². The van der Waals surface area contributed by atoms with Crippen LogP contribution in [0.15, 0.2) is 141 Å². The summed E-state index contributed by atoms with van der Waals surface area (Å²) >= 11 is 50.4. The summed E-state index contributed by atoms with van der Waals surface area (Å²) in [4.78, 5) is -0.603. The van der Waals surface area contributed by atoms with Crippen molar-refractivity contribution in [3.8, 4) is 0 Å². The number of hydrogen-bond donors (Lipinski definition) is 0. The predicted molar refractivity (Wildman–Crippen MR) is 318 cm³/mol. The molecule has 0 fully saturated rings. The molecule has 23 heteroatoms. The number of pyridine rings is 1. The summed E-state index contributed by atoms with van der Waals surface area (Å²) in [5.41, 5.74) is 15.9. The maximum atomic E-state index is 5.48. The molecule has 0 saturated heterocycles. The van der Waals surface area contributed by atoms with Crippen LogP contribution in [-0.4, -0.2) is 61.5 Å². The van der Waals surface area contributed by atoms with Gasteiger partial charge in [0.1, 0.15) is 26.1 Å². The lowest BCUT2D eigenvalue weighted by molar-refractivity contribution is -0.535. The molecule has 0 bridgehead atoms. The van der Waals surface area contributed by atoms with E-state index in [4.69, 9.17) is 55.4 Å². The maximum absolute atomic E-state index is 5.48. The number of rotatable bonds is 10. The minimum Gasteiger partial charge on any atom is -0.279 e. The fourth-order valence-electron chi connectivity index (χ4n) is 0.805. The average Bonchev–Trinajstić information content (AvgIpc) is 3.09. The van der Waals surface area contributed by atoms with Crippen molar-refractivity contribution in [2.24, 2.45) is 0 Å². The smallest absolute Gasteiger partial charge is 0.279 e. The van der Waals surface area contributed by atoms with Gasteiger partial charge in [0, 0.05) is 0 Å². The third-order valence-electron chi connectivity index (χ3n) is 3.42. The molecule has 50 heavy (non-hydrogen) atoms. The Bertz CT molecular complexity index is 791. The van der Waals surface area contributed by atoms with Gasteiger partial charge in [-0.1, -0.05) is 93.1 Å². The number of hydrogen-bond acceptors (Lipinski definition) is 0. The van der Waals surface area contributed by atoms with E-state index in [2.05, 4.69) is 243 Å². The molecule has 1 nitrogen and oxygen atoms in total. The van der Waals surface area contributed by atoms with E-state index in [9.17, 15) is 0 Å². The minimum atomic E-state index is -1.44. The molecular formula is C27H53Br5Cl5I3NSi9+. The second kappa shape index (κ2) is 63.0. The molecule has 0 aliphatic carbocycles. The van der Waals surface area contributed by atoms with Gasteiger partial charge in [-0.3, -0.25) is 4.23 Å². The van der Waals surface area contributed by atoms with Crippen molar-refractivity contribution >= 4 is 259 Å². The molecule has 1 rings (SSSR count). The van der Waals surface area contributed by atoms with Crippen LogP contribution in [0.2, 0.25) is 26.2 Å². The van der Waals surface area contributed by atoms with Crippen molar-refractivity contribution in [2.75, 3.05) is 0 Å². The first-order valence-electron chi connectivity index (χ1n) is 13.9. The summed E-state index contributed by atoms with van der Waals surface area (Å²) in [6.45, 7) is 39.4. The normalized spacial score (nSPS) is 12.6. The van der Waals surface area contributed by atoms with Gasteiger partial charge >= 0.3 is 8.96 Å². The highest BCUT2D eigenvalue weighted by Crippen LogP contribution is 2.01. The van der Waals surface area contributed by atoms with Crippen molar-refractivity contribution < 1.29 is 4.23 Å². The monoisotopic (exact) mass is 1590 g/mol. The van der Waals surface area contributed by atoms with E-state index < -0.39 is 61.5 Å². The molecule has 0 aliphatic rings. The van der Waals surface area contributed by atoms with Gasteiger partial charge in [-0.25, -0.2) is 0 Å². The van der Waals surface area contributed by atoms with Crippen LogP contribution in [0.1, 0.15) is 0 Å². The van der Waals surface area contributed by atoms with Gasteiger partial charge in [0.05, 0.1) is 0 Å². The van der Waals surface area contributed by atoms with E-state index in [1.54, 1.807) is 11.4 Å². The predicted octanol–water partition coefficient (Wildman–Crippen LogP) is 13.2. The highest BCUT2D eigenvalue weighted by atomic mass is 127. The lowest BCUT2D eigenvalue weighted by Crippen LogP contribution is -2.46. The molecule has 7 unspecified atom stereocenters. The van der Waals surface area contributed by atoms with E-state index >= 15 is 0 Å². The van der Waals surface area contributed by atoms with Crippen molar-refractivity contribution in [2.45, 2.75) is 26.2 Å². The standard InChI is InChI=1S/C8H12NSi.C3H7BrSi.C3H7ClSi.C3H7ISi.C2H4Br2Si.C2H4BrClSi.C2H4BrISi.C2H4Cl2Si.C2H4ClISi/c1-3-10(2)9-7-5-4-6-8-9;3*1-3-5(2)4;5*1-2-5(3)4/h3-8,10H,1H2,2H3;3*3,5H,1H2,2H3;5*2,5H,1H2/q+1;;;;;;;;. The lowest BCUT2D eigenvalue weighted by Gasteiger charge is -1.95. The van der Waals surface area contributed by atoms with Crippen molar-refractivity contribution in [3.63, 3.8) is 0 Å². The van der Waals surface area contributed by atoms with E-state index in [-0.39, 0.29) is 0 Å². The summed E-state index contributed by atoms with van der Waals surface area (Å²) in [5, 5.41) is 0. The van der Waals surface area contributed by atoms with Gasteiger partial charge in [-0.05, 0) is 24.4 Å². The Balaban J connectivity index is -0.0000000673. The summed E-state index contributed by atoms with van der Waals surface area (Å²) in [6, 6.07) is 5.36. The molecule has 1 aromatic rings. The zero-order valence-corrected chi connectivity index (χ0v) is 57.6. The molecule has 0 aromatic carbocycles. The van der Waals surface area contributed by atoms with Crippen molar-refractivity contribution in [1.82, 2.24) is 0 Å². The maximum Gasteiger partial charge on any atom is 0.370 e. The first-order chi connectivity index (χ1) is 23.0. The van der Waals surface area contributed by atoms with Crippen LogP contribution in [0.4, 0.5) is 0 Å². The van der Waals surface area contributed by atoms with Crippen LogP contribution in [0.5, 0.6) is 0 Å². The Morgan fingerprint density at radius 3 is 0.920 bits per heavy atom. The van der Waals surface area contributed by atoms with E-state index in [0.29, 0.717) is 0 Å². The zero-order chi connectivity index (χ0) is 41.7. The summed E-state index contributed by atoms with van der Waals surface area (Å²) in [6.07, 6.45) is 3.78. The van der Waals surface area contributed by atoms with Gasteiger partial charge in [0.15, 0.2) is 8.11 Å². The second-order valence-corrected chi connectivity index (χ2v) is 72.7. The largest absolute Gasteiger partial charge is 0.370 e. The van der Waals surface area contributed by atoms with Crippen molar-refractivity contribution in [3.05, 3.63) is 141 Å². The molecule has 0 radical (unpaired) electrons. The zero-order valence-electron chi connectivity index (χ0n) is 29.0. The Labute approximate surface area is 422 Å². The van der Waals surface area contributed by atoms with Crippen LogP contribution in [0.25, 0.3) is 0 Å². The second-order valence-electron chi connectivity index (χ2n) is 7.89. The van der Waals surface area contributed by atoms with Gasteiger partial charge in [0.2, 0.25) is 23.3 Å². The fourth-order valence-corrected chi connectivity index (χ4v) is 1.79. The molecule has 7 atom stereocenters. The molecular weight excluding hydrogens is 1550 g/mol. The van der Waals surface area contributed by atoms with Crippen molar-refractivity contribution in [1.29, 1.82) is 0 Å². The number of halogens is 13. The van der Waals surface area contributed by atoms with Crippen LogP contribution in [0.3, 0.4) is 0 Å². The molecule has 0 aliphatic heterocycles. The number of aromatic nitrogens is 1. The molecule has 0 amide bonds. The molecule has 1 heterocycles. The highest BCUT2D eigenvalue weighted by Gasteiger charge is 2.08. The summed E-state index contributed by atoms with van der Waals surface area (Å²) in [5.74, 6) is 0. The fraction of sp³-hybridized carbons (Fsp3) is 0.148. The number of nitrogens with zero attached hydrogens (tertiary/aromatic N) is 1. The van der Waals surface area contributed by atoms with Gasteiger partial charge < -0.3 is 0 Å².